The van der Waals surface area contributed by atoms with Crippen LogP contribution in [0.1, 0.15) is 17.5 Å². The number of para-hydroxylation sites is 1. The Kier molecular flexibility index (Phi) is 7.60. The van der Waals surface area contributed by atoms with Crippen molar-refractivity contribution in [2.24, 2.45) is 0 Å². The molecule has 0 aliphatic rings. The van der Waals surface area contributed by atoms with E-state index < -0.39 is 16.2 Å². The van der Waals surface area contributed by atoms with Crippen molar-refractivity contribution in [3.05, 3.63) is 120 Å². The summed E-state index contributed by atoms with van der Waals surface area (Å²) in [6, 6.07) is 20.0. The lowest BCUT2D eigenvalue weighted by molar-refractivity contribution is -0.384. The van der Waals surface area contributed by atoms with Gasteiger partial charge in [-0.25, -0.2) is 4.79 Å². The van der Waals surface area contributed by atoms with Crippen LogP contribution in [0.3, 0.4) is 0 Å². The lowest BCUT2D eigenvalue weighted by atomic mass is 10.1. The number of hydrogen-bond donors (Lipinski definition) is 1. The van der Waals surface area contributed by atoms with Crippen molar-refractivity contribution in [2.45, 2.75) is 25.9 Å². The highest BCUT2D eigenvalue weighted by Gasteiger charge is 2.15. The van der Waals surface area contributed by atoms with E-state index in [9.17, 15) is 24.5 Å². The van der Waals surface area contributed by atoms with Gasteiger partial charge in [0.25, 0.3) is 11.2 Å². The molecule has 3 aromatic carbocycles. The van der Waals surface area contributed by atoms with Gasteiger partial charge in [0.15, 0.2) is 0 Å². The number of amides is 1. The molecule has 0 aliphatic heterocycles. The number of aromatic nitrogens is 2. The molecule has 0 bridgehead atoms. The second kappa shape index (κ2) is 11.0. The van der Waals surface area contributed by atoms with Crippen LogP contribution in [0, 0.1) is 10.1 Å². The summed E-state index contributed by atoms with van der Waals surface area (Å²) in [7, 11) is 0. The largest absolute Gasteiger partial charge is 0.356 e. The normalized spacial score (nSPS) is 10.9. The Bertz CT molecular complexity index is 1530. The molecular weight excluding hydrogens is 484 g/mol. The SMILES string of the molecule is O=C(CCn1c(=O)c2ccccc2n(Cc2ccc([N+](=O)[O-])cc2)c1=O)NCCc1ccc(Cl)cc1. The van der Waals surface area contributed by atoms with Crippen LogP contribution in [0.4, 0.5) is 5.69 Å². The summed E-state index contributed by atoms with van der Waals surface area (Å²) in [6.45, 7) is 0.456. The molecule has 0 saturated carbocycles. The summed E-state index contributed by atoms with van der Waals surface area (Å²) in [6.07, 6.45) is 0.590. The smallest absolute Gasteiger partial charge is 0.331 e. The lowest BCUT2D eigenvalue weighted by Gasteiger charge is -2.14. The van der Waals surface area contributed by atoms with Crippen LogP contribution >= 0.6 is 11.6 Å². The first kappa shape index (κ1) is 24.9. The molecule has 0 unspecified atom stereocenters. The third-order valence-electron chi connectivity index (χ3n) is 5.83. The Morgan fingerprint density at radius 2 is 1.58 bits per heavy atom. The van der Waals surface area contributed by atoms with E-state index in [2.05, 4.69) is 5.32 Å². The zero-order valence-corrected chi connectivity index (χ0v) is 20.0. The minimum Gasteiger partial charge on any atom is -0.356 e. The number of halogens is 1. The molecule has 0 aliphatic carbocycles. The molecule has 184 valence electrons. The van der Waals surface area contributed by atoms with Gasteiger partial charge in [0.1, 0.15) is 0 Å². The maximum Gasteiger partial charge on any atom is 0.331 e. The van der Waals surface area contributed by atoms with Crippen molar-refractivity contribution in [3.63, 3.8) is 0 Å². The number of hydrogen-bond acceptors (Lipinski definition) is 5. The Morgan fingerprint density at radius 1 is 0.917 bits per heavy atom. The molecule has 1 heterocycles. The monoisotopic (exact) mass is 506 g/mol. The summed E-state index contributed by atoms with van der Waals surface area (Å²) >= 11 is 5.88. The van der Waals surface area contributed by atoms with Gasteiger partial charge in [0.2, 0.25) is 5.91 Å². The molecule has 9 nitrogen and oxygen atoms in total. The molecule has 0 fully saturated rings. The van der Waals surface area contributed by atoms with E-state index in [1.165, 1.54) is 16.7 Å². The van der Waals surface area contributed by atoms with Crippen LogP contribution in [-0.4, -0.2) is 26.5 Å². The average molecular weight is 507 g/mol. The predicted molar refractivity (Wildman–Crippen MR) is 137 cm³/mol. The van der Waals surface area contributed by atoms with Gasteiger partial charge in [0.05, 0.1) is 22.4 Å². The molecule has 10 heteroatoms. The Labute approximate surface area is 210 Å². The number of nitrogens with zero attached hydrogens (tertiary/aromatic N) is 3. The van der Waals surface area contributed by atoms with Crippen molar-refractivity contribution in [2.75, 3.05) is 6.54 Å². The summed E-state index contributed by atoms with van der Waals surface area (Å²) in [5.41, 5.74) is 1.07. The molecule has 0 saturated heterocycles. The van der Waals surface area contributed by atoms with Crippen LogP contribution in [0.2, 0.25) is 5.02 Å². The summed E-state index contributed by atoms with van der Waals surface area (Å²) in [5, 5.41) is 14.7. The highest BCUT2D eigenvalue weighted by molar-refractivity contribution is 6.30. The minimum atomic E-state index is -0.550. The predicted octanol–water partition coefficient (Wildman–Crippen LogP) is 3.52. The molecule has 4 rings (SSSR count). The molecule has 4 aromatic rings. The topological polar surface area (TPSA) is 116 Å². The van der Waals surface area contributed by atoms with Crippen molar-refractivity contribution >= 4 is 34.1 Å². The van der Waals surface area contributed by atoms with Gasteiger partial charge in [-0.05, 0) is 41.8 Å². The molecule has 1 N–H and O–H groups in total. The number of benzene rings is 3. The zero-order chi connectivity index (χ0) is 25.7. The number of nitrogens with one attached hydrogen (secondary N) is 1. The highest BCUT2D eigenvalue weighted by atomic mass is 35.5. The fraction of sp³-hybridized carbons (Fsp3) is 0.192. The van der Waals surface area contributed by atoms with E-state index >= 15 is 0 Å². The quantitative estimate of drug-likeness (QED) is 0.275. The average Bonchev–Trinajstić information content (AvgIpc) is 2.88. The van der Waals surface area contributed by atoms with Gasteiger partial charge < -0.3 is 5.32 Å². The van der Waals surface area contributed by atoms with Crippen molar-refractivity contribution < 1.29 is 9.72 Å². The van der Waals surface area contributed by atoms with Gasteiger partial charge in [-0.2, -0.15) is 0 Å². The van der Waals surface area contributed by atoms with Crippen LogP contribution < -0.4 is 16.6 Å². The van der Waals surface area contributed by atoms with Crippen LogP contribution in [0.15, 0.2) is 82.4 Å². The first-order valence-electron chi connectivity index (χ1n) is 11.3. The van der Waals surface area contributed by atoms with Crippen molar-refractivity contribution in [1.29, 1.82) is 0 Å². The Morgan fingerprint density at radius 3 is 2.28 bits per heavy atom. The van der Waals surface area contributed by atoms with Gasteiger partial charge in [-0.15, -0.1) is 0 Å². The first-order chi connectivity index (χ1) is 17.3. The fourth-order valence-corrected chi connectivity index (χ4v) is 4.05. The molecule has 1 amide bonds. The lowest BCUT2D eigenvalue weighted by Crippen LogP contribution is -2.41. The maximum absolute atomic E-state index is 13.3. The Hall–Kier alpha value is -4.24. The molecule has 36 heavy (non-hydrogen) atoms. The van der Waals surface area contributed by atoms with E-state index in [4.69, 9.17) is 11.6 Å². The molecule has 0 radical (unpaired) electrons. The standard InChI is InChI=1S/C26H23ClN4O5/c27-20-9-5-18(6-10-20)13-15-28-24(32)14-16-29-25(33)22-3-1-2-4-23(22)30(26(29)34)17-19-7-11-21(12-8-19)31(35)36/h1-12H,13-17H2,(H,28,32). The highest BCUT2D eigenvalue weighted by Crippen LogP contribution is 2.15. The van der Waals surface area contributed by atoms with E-state index in [0.717, 1.165) is 10.1 Å². The molecule has 0 atom stereocenters. The first-order valence-corrected chi connectivity index (χ1v) is 11.7. The fourth-order valence-electron chi connectivity index (χ4n) is 3.93. The summed E-state index contributed by atoms with van der Waals surface area (Å²) in [5.74, 6) is -0.273. The summed E-state index contributed by atoms with van der Waals surface area (Å²) < 4.78 is 2.50. The van der Waals surface area contributed by atoms with Gasteiger partial charge in [-0.3, -0.25) is 28.8 Å². The van der Waals surface area contributed by atoms with Gasteiger partial charge >= 0.3 is 5.69 Å². The number of rotatable bonds is 9. The van der Waals surface area contributed by atoms with Gasteiger partial charge in [-0.1, -0.05) is 48.0 Å². The number of non-ortho nitro benzene ring substituents is 1. The van der Waals surface area contributed by atoms with Crippen LogP contribution in [0.5, 0.6) is 0 Å². The number of nitro benzene ring substituents is 1. The molecule has 0 spiro atoms. The number of nitro groups is 1. The van der Waals surface area contributed by atoms with Crippen molar-refractivity contribution in [3.8, 4) is 0 Å². The second-order valence-electron chi connectivity index (χ2n) is 8.24. The second-order valence-corrected chi connectivity index (χ2v) is 8.68. The number of carbonyl (C=O) groups excluding carboxylic acids is 1. The maximum atomic E-state index is 13.3. The third-order valence-corrected chi connectivity index (χ3v) is 6.08. The van der Waals surface area contributed by atoms with Crippen molar-refractivity contribution in [1.82, 2.24) is 14.5 Å². The van der Waals surface area contributed by atoms with Crippen LogP contribution in [-0.2, 0) is 24.3 Å². The molecular formula is C26H23ClN4O5. The molecule has 1 aromatic heterocycles. The minimum absolute atomic E-state index is 0.0361. The number of fused-ring (bicyclic) bond motifs is 1. The zero-order valence-electron chi connectivity index (χ0n) is 19.2. The van der Waals surface area contributed by atoms with E-state index in [0.29, 0.717) is 34.5 Å². The van der Waals surface area contributed by atoms with Crippen LogP contribution in [0.25, 0.3) is 10.9 Å². The third kappa shape index (κ3) is 5.69. The Balaban J connectivity index is 1.51. The van der Waals surface area contributed by atoms with Gasteiger partial charge in [0, 0.05) is 36.7 Å². The summed E-state index contributed by atoms with van der Waals surface area (Å²) in [4.78, 5) is 49.2. The van der Waals surface area contributed by atoms with E-state index in [1.54, 1.807) is 48.5 Å². The number of carbonyl (C=O) groups is 1. The van der Waals surface area contributed by atoms with E-state index in [1.807, 2.05) is 12.1 Å². The van der Waals surface area contributed by atoms with E-state index in [-0.39, 0.29) is 31.1 Å².